The third kappa shape index (κ3) is 3.24. The number of hydrogen-bond acceptors (Lipinski definition) is 4. The molecule has 3 rings (SSSR count). The smallest absolute Gasteiger partial charge is 0.261 e. The zero-order valence-electron chi connectivity index (χ0n) is 15.2. The van der Waals surface area contributed by atoms with Crippen molar-refractivity contribution in [3.8, 4) is 0 Å². The summed E-state index contributed by atoms with van der Waals surface area (Å²) in [4.78, 5) is 38.2. The fourth-order valence-electron chi connectivity index (χ4n) is 2.96. The molecule has 0 radical (unpaired) electrons. The molecule has 1 aliphatic rings. The molecule has 1 N–H and O–H groups in total. The Morgan fingerprint density at radius 2 is 1.92 bits per heavy atom. The fourth-order valence-corrected chi connectivity index (χ4v) is 2.96. The number of amides is 3. The van der Waals surface area contributed by atoms with Crippen molar-refractivity contribution < 1.29 is 14.4 Å². The molecule has 0 aliphatic carbocycles. The number of imide groups is 1. The Morgan fingerprint density at radius 3 is 2.65 bits per heavy atom. The summed E-state index contributed by atoms with van der Waals surface area (Å²) in [5.74, 6) is -0.335. The second-order valence-corrected chi connectivity index (χ2v) is 6.53. The van der Waals surface area contributed by atoms with Gasteiger partial charge >= 0.3 is 0 Å². The summed E-state index contributed by atoms with van der Waals surface area (Å²) >= 11 is 0. The molecular formula is C19H22N4O3. The lowest BCUT2D eigenvalue weighted by Gasteiger charge is -2.16. The van der Waals surface area contributed by atoms with Crippen molar-refractivity contribution in [2.45, 2.75) is 39.7 Å². The number of hydrogen-bond donors (Lipinski definition) is 1. The molecule has 136 valence electrons. The van der Waals surface area contributed by atoms with E-state index in [-0.39, 0.29) is 36.7 Å². The minimum atomic E-state index is -0.345. The SMILES string of the molecule is CCC(C)n1nccc1NC(=O)CCN1C(=O)c2ccc(C)cc2C1=O. The minimum absolute atomic E-state index is 0.0378. The van der Waals surface area contributed by atoms with Gasteiger partial charge in [-0.15, -0.1) is 0 Å². The molecule has 7 heteroatoms. The monoisotopic (exact) mass is 354 g/mol. The van der Waals surface area contributed by atoms with E-state index in [9.17, 15) is 14.4 Å². The zero-order chi connectivity index (χ0) is 18.8. The molecule has 7 nitrogen and oxygen atoms in total. The Bertz CT molecular complexity index is 871. The lowest BCUT2D eigenvalue weighted by Crippen LogP contribution is -2.33. The van der Waals surface area contributed by atoms with Gasteiger partial charge in [0.05, 0.1) is 23.4 Å². The summed E-state index contributed by atoms with van der Waals surface area (Å²) < 4.78 is 1.75. The molecule has 1 aromatic carbocycles. The van der Waals surface area contributed by atoms with Crippen LogP contribution in [0.1, 0.15) is 59.0 Å². The van der Waals surface area contributed by atoms with Crippen molar-refractivity contribution >= 4 is 23.5 Å². The van der Waals surface area contributed by atoms with E-state index in [1.54, 1.807) is 35.1 Å². The number of rotatable bonds is 6. The average Bonchev–Trinajstić information content (AvgIpc) is 3.16. The summed E-state index contributed by atoms with van der Waals surface area (Å²) in [6.45, 7) is 5.98. The van der Waals surface area contributed by atoms with E-state index in [2.05, 4.69) is 10.4 Å². The number of aryl methyl sites for hydroxylation is 1. The largest absolute Gasteiger partial charge is 0.311 e. The first-order valence-corrected chi connectivity index (χ1v) is 8.72. The van der Waals surface area contributed by atoms with Crippen LogP contribution < -0.4 is 5.32 Å². The molecule has 2 heterocycles. The van der Waals surface area contributed by atoms with Gasteiger partial charge in [-0.05, 0) is 32.4 Å². The van der Waals surface area contributed by atoms with E-state index in [4.69, 9.17) is 0 Å². The summed E-state index contributed by atoms with van der Waals surface area (Å²) in [7, 11) is 0. The number of carbonyl (C=O) groups is 3. The van der Waals surface area contributed by atoms with Gasteiger partial charge in [0.25, 0.3) is 11.8 Å². The molecule has 0 saturated carbocycles. The van der Waals surface area contributed by atoms with Crippen molar-refractivity contribution in [2.75, 3.05) is 11.9 Å². The predicted octanol–water partition coefficient (Wildman–Crippen LogP) is 2.79. The summed E-state index contributed by atoms with van der Waals surface area (Å²) in [5.41, 5.74) is 1.73. The van der Waals surface area contributed by atoms with Crippen LogP contribution >= 0.6 is 0 Å². The van der Waals surface area contributed by atoms with E-state index < -0.39 is 0 Å². The van der Waals surface area contributed by atoms with Crippen LogP contribution in [0.2, 0.25) is 0 Å². The van der Waals surface area contributed by atoms with Gasteiger partial charge in [-0.2, -0.15) is 5.10 Å². The van der Waals surface area contributed by atoms with Gasteiger partial charge in [-0.25, -0.2) is 4.68 Å². The molecule has 2 aromatic rings. The van der Waals surface area contributed by atoms with Crippen LogP contribution in [-0.2, 0) is 4.79 Å². The van der Waals surface area contributed by atoms with Crippen molar-refractivity contribution in [2.24, 2.45) is 0 Å². The number of nitrogens with one attached hydrogen (secondary N) is 1. The van der Waals surface area contributed by atoms with Crippen molar-refractivity contribution in [3.05, 3.63) is 47.2 Å². The lowest BCUT2D eigenvalue weighted by molar-refractivity contribution is -0.116. The third-order valence-corrected chi connectivity index (χ3v) is 4.63. The van der Waals surface area contributed by atoms with E-state index in [1.165, 1.54) is 0 Å². The molecule has 3 amide bonds. The lowest BCUT2D eigenvalue weighted by atomic mass is 10.1. The van der Waals surface area contributed by atoms with Crippen LogP contribution in [-0.4, -0.2) is 38.9 Å². The van der Waals surface area contributed by atoms with Crippen molar-refractivity contribution in [1.29, 1.82) is 0 Å². The Morgan fingerprint density at radius 1 is 1.19 bits per heavy atom. The first kappa shape index (κ1) is 17.8. The van der Waals surface area contributed by atoms with Gasteiger partial charge in [-0.1, -0.05) is 18.6 Å². The van der Waals surface area contributed by atoms with Gasteiger partial charge in [0.15, 0.2) is 0 Å². The number of benzene rings is 1. The van der Waals surface area contributed by atoms with Gasteiger partial charge in [0, 0.05) is 19.0 Å². The second kappa shape index (κ2) is 7.11. The average molecular weight is 354 g/mol. The van der Waals surface area contributed by atoms with Crippen LogP contribution in [0.25, 0.3) is 0 Å². The van der Waals surface area contributed by atoms with Crippen LogP contribution in [0.4, 0.5) is 5.82 Å². The molecular weight excluding hydrogens is 332 g/mol. The number of anilines is 1. The van der Waals surface area contributed by atoms with Crippen molar-refractivity contribution in [3.63, 3.8) is 0 Å². The van der Waals surface area contributed by atoms with E-state index >= 15 is 0 Å². The molecule has 1 aromatic heterocycles. The standard InChI is InChI=1S/C19H22N4O3/c1-4-13(3)23-16(7-9-20-23)21-17(24)8-10-22-18(25)14-6-5-12(2)11-15(14)19(22)26/h5-7,9,11,13H,4,8,10H2,1-3H3,(H,21,24). The van der Waals surface area contributed by atoms with Crippen LogP contribution in [0, 0.1) is 6.92 Å². The molecule has 1 aliphatic heterocycles. The number of aromatic nitrogens is 2. The zero-order valence-corrected chi connectivity index (χ0v) is 15.2. The summed E-state index contributed by atoms with van der Waals surface area (Å²) in [5, 5.41) is 7.02. The van der Waals surface area contributed by atoms with Gasteiger partial charge in [0.2, 0.25) is 5.91 Å². The maximum Gasteiger partial charge on any atom is 0.261 e. The Hall–Kier alpha value is -2.96. The molecule has 26 heavy (non-hydrogen) atoms. The maximum atomic E-state index is 12.4. The first-order chi connectivity index (χ1) is 12.4. The number of nitrogens with zero attached hydrogens (tertiary/aromatic N) is 3. The number of carbonyl (C=O) groups excluding carboxylic acids is 3. The van der Waals surface area contributed by atoms with Crippen molar-refractivity contribution in [1.82, 2.24) is 14.7 Å². The Kier molecular flexibility index (Phi) is 4.88. The van der Waals surface area contributed by atoms with Gasteiger partial charge in [0.1, 0.15) is 5.82 Å². The van der Waals surface area contributed by atoms with Crippen LogP contribution in [0.5, 0.6) is 0 Å². The summed E-state index contributed by atoms with van der Waals surface area (Å²) in [6.07, 6.45) is 2.56. The highest BCUT2D eigenvalue weighted by Crippen LogP contribution is 2.24. The highest BCUT2D eigenvalue weighted by atomic mass is 16.2. The predicted molar refractivity (Wildman–Crippen MR) is 97.0 cm³/mol. The molecule has 0 spiro atoms. The molecule has 1 atom stereocenters. The molecule has 0 fully saturated rings. The van der Waals surface area contributed by atoms with E-state index in [1.807, 2.05) is 20.8 Å². The quantitative estimate of drug-likeness (QED) is 0.809. The Labute approximate surface area is 152 Å². The topological polar surface area (TPSA) is 84.3 Å². The summed E-state index contributed by atoms with van der Waals surface area (Å²) in [6, 6.07) is 7.07. The van der Waals surface area contributed by atoms with Crippen LogP contribution in [0.15, 0.2) is 30.5 Å². The third-order valence-electron chi connectivity index (χ3n) is 4.63. The number of fused-ring (bicyclic) bond motifs is 1. The molecule has 1 unspecified atom stereocenters. The molecule has 0 bridgehead atoms. The Balaban J connectivity index is 1.63. The first-order valence-electron chi connectivity index (χ1n) is 8.72. The minimum Gasteiger partial charge on any atom is -0.311 e. The van der Waals surface area contributed by atoms with E-state index in [0.717, 1.165) is 16.9 Å². The van der Waals surface area contributed by atoms with Gasteiger partial charge < -0.3 is 5.32 Å². The highest BCUT2D eigenvalue weighted by molar-refractivity contribution is 6.21. The second-order valence-electron chi connectivity index (χ2n) is 6.53. The highest BCUT2D eigenvalue weighted by Gasteiger charge is 2.35. The fraction of sp³-hybridized carbons (Fsp3) is 0.368. The normalized spacial score (nSPS) is 14.5. The van der Waals surface area contributed by atoms with E-state index in [0.29, 0.717) is 16.9 Å². The van der Waals surface area contributed by atoms with Crippen LogP contribution in [0.3, 0.4) is 0 Å². The molecule has 0 saturated heterocycles. The maximum absolute atomic E-state index is 12.4. The van der Waals surface area contributed by atoms with Gasteiger partial charge in [-0.3, -0.25) is 19.3 Å².